The summed E-state index contributed by atoms with van der Waals surface area (Å²) >= 11 is 1.59. The maximum absolute atomic E-state index is 13.8. The molecular formula is C27H22N4O6S. The van der Waals surface area contributed by atoms with E-state index in [4.69, 9.17) is 4.74 Å². The number of phenolic OH excluding ortho intramolecular Hbond substituents is 1. The zero-order chi connectivity index (χ0) is 26.6. The first-order valence-electron chi connectivity index (χ1n) is 11.9. The number of fused-ring (bicyclic) bond motifs is 1. The molecule has 2 aromatic heterocycles. The first-order valence-corrected chi connectivity index (χ1v) is 12.8. The van der Waals surface area contributed by atoms with E-state index in [1.807, 2.05) is 23.6 Å². The number of benzene rings is 2. The fourth-order valence-corrected chi connectivity index (χ4v) is 6.22. The smallest absolute Gasteiger partial charge is 0.314 e. The number of para-hydroxylation sites is 1. The Bertz CT molecular complexity index is 1670. The predicted molar refractivity (Wildman–Crippen MR) is 141 cm³/mol. The minimum atomic E-state index is -0.903. The van der Waals surface area contributed by atoms with Gasteiger partial charge in [0.25, 0.3) is 5.56 Å². The second kappa shape index (κ2) is 9.03. The van der Waals surface area contributed by atoms with Crippen LogP contribution in [0.4, 0.5) is 11.5 Å². The number of hydrogen-bond acceptors (Lipinski definition) is 8. The third-order valence-corrected chi connectivity index (χ3v) is 8.11. The van der Waals surface area contributed by atoms with Gasteiger partial charge in [-0.05, 0) is 41.6 Å². The van der Waals surface area contributed by atoms with Gasteiger partial charge in [-0.1, -0.05) is 24.3 Å². The van der Waals surface area contributed by atoms with Gasteiger partial charge in [-0.15, -0.1) is 11.3 Å². The number of methoxy groups -OCH3 is 1. The van der Waals surface area contributed by atoms with Crippen LogP contribution in [0, 0.1) is 10.1 Å². The number of ether oxygens (including phenoxy) is 1. The van der Waals surface area contributed by atoms with Crippen LogP contribution in [0.25, 0.3) is 5.69 Å². The van der Waals surface area contributed by atoms with Crippen molar-refractivity contribution in [2.24, 2.45) is 0 Å². The van der Waals surface area contributed by atoms with Gasteiger partial charge in [-0.2, -0.15) is 0 Å². The van der Waals surface area contributed by atoms with Gasteiger partial charge in [0.1, 0.15) is 5.82 Å². The van der Waals surface area contributed by atoms with E-state index in [-0.39, 0.29) is 29.4 Å². The van der Waals surface area contributed by atoms with Crippen molar-refractivity contribution < 1.29 is 19.6 Å². The molecule has 192 valence electrons. The third-order valence-electron chi connectivity index (χ3n) is 7.07. The molecule has 0 amide bonds. The monoisotopic (exact) mass is 530 g/mol. The summed E-state index contributed by atoms with van der Waals surface area (Å²) in [7, 11) is 1.29. The molecule has 6 rings (SSSR count). The SMILES string of the molecule is COc1cc(C2C3=C(CC(c4cccs4)CC3=O)Nc3[nH]n(-c4ccccc4)c(=O)c32)cc([N+](=O)[O-])c1O. The highest BCUT2D eigenvalue weighted by Gasteiger charge is 2.42. The summed E-state index contributed by atoms with van der Waals surface area (Å²) in [4.78, 5) is 39.7. The number of nitrogens with zero attached hydrogens (tertiary/aromatic N) is 2. The topological polar surface area (TPSA) is 139 Å². The Morgan fingerprint density at radius 1 is 1.13 bits per heavy atom. The Morgan fingerprint density at radius 2 is 1.92 bits per heavy atom. The molecule has 38 heavy (non-hydrogen) atoms. The quantitative estimate of drug-likeness (QED) is 0.249. The number of aromatic nitrogens is 2. The molecular weight excluding hydrogens is 508 g/mol. The van der Waals surface area contributed by atoms with Crippen molar-refractivity contribution in [2.75, 3.05) is 12.4 Å². The highest BCUT2D eigenvalue weighted by Crippen LogP contribution is 2.49. The van der Waals surface area contributed by atoms with Gasteiger partial charge in [0.05, 0.1) is 23.3 Å². The van der Waals surface area contributed by atoms with Crippen molar-refractivity contribution >= 4 is 28.6 Å². The molecule has 2 aliphatic rings. The number of ketones is 1. The largest absolute Gasteiger partial charge is 0.500 e. The van der Waals surface area contributed by atoms with E-state index in [1.54, 1.807) is 35.6 Å². The molecule has 3 heterocycles. The standard InChI is InChI=1S/C27H22N4O6S/c1-37-20-13-15(11-18(25(20)33)31(35)36)22-23-17(10-14(12-19(23)32)21-8-5-9-38-21)28-26-24(22)27(34)30(29-26)16-6-3-2-4-7-16/h2-9,11,13-14,22,28-29,33H,10,12H2,1H3. The van der Waals surface area contributed by atoms with Crippen LogP contribution in [0.1, 0.15) is 40.7 Å². The maximum atomic E-state index is 13.8. The summed E-state index contributed by atoms with van der Waals surface area (Å²) in [5.41, 5.74) is 1.26. The molecule has 1 aliphatic carbocycles. The summed E-state index contributed by atoms with van der Waals surface area (Å²) in [6.45, 7) is 0. The molecule has 0 radical (unpaired) electrons. The minimum absolute atomic E-state index is 0.0254. The number of Topliss-reactive ketones (excluding diaryl/α,β-unsaturated/α-hetero) is 1. The number of aromatic amines is 1. The van der Waals surface area contributed by atoms with Crippen molar-refractivity contribution in [2.45, 2.75) is 24.7 Å². The Labute approximate surface area is 220 Å². The number of nitrogens with one attached hydrogen (secondary N) is 2. The number of H-pyrrole nitrogens is 1. The van der Waals surface area contributed by atoms with Crippen molar-refractivity contribution in [1.29, 1.82) is 0 Å². The van der Waals surface area contributed by atoms with Gasteiger partial charge in [0.2, 0.25) is 5.75 Å². The number of nitro groups is 1. The Hall–Kier alpha value is -4.64. The Kier molecular flexibility index (Phi) is 5.64. The summed E-state index contributed by atoms with van der Waals surface area (Å²) in [5.74, 6) is -1.39. The first kappa shape index (κ1) is 23.7. The molecule has 0 spiro atoms. The van der Waals surface area contributed by atoms with E-state index in [9.17, 15) is 24.8 Å². The summed E-state index contributed by atoms with van der Waals surface area (Å²) in [6, 6.07) is 15.6. The molecule has 0 saturated heterocycles. The molecule has 1 aliphatic heterocycles. The maximum Gasteiger partial charge on any atom is 0.314 e. The number of carbonyl (C=O) groups excluding carboxylic acids is 1. The zero-order valence-electron chi connectivity index (χ0n) is 20.1. The number of thiophene rings is 1. The van der Waals surface area contributed by atoms with E-state index in [0.29, 0.717) is 34.8 Å². The molecule has 2 atom stereocenters. The van der Waals surface area contributed by atoms with Gasteiger partial charge < -0.3 is 15.2 Å². The number of phenols is 1. The summed E-state index contributed by atoms with van der Waals surface area (Å²) < 4.78 is 6.61. The molecule has 0 bridgehead atoms. The lowest BCUT2D eigenvalue weighted by molar-refractivity contribution is -0.386. The number of carbonyl (C=O) groups is 1. The van der Waals surface area contributed by atoms with Crippen molar-refractivity contribution in [3.05, 3.63) is 108 Å². The summed E-state index contributed by atoms with van der Waals surface area (Å²) in [6.07, 6.45) is 0.787. The van der Waals surface area contributed by atoms with Crippen LogP contribution < -0.4 is 15.6 Å². The molecule has 10 nitrogen and oxygen atoms in total. The Morgan fingerprint density at radius 3 is 2.61 bits per heavy atom. The molecule has 0 fully saturated rings. The van der Waals surface area contributed by atoms with Gasteiger partial charge in [0, 0.05) is 40.5 Å². The van der Waals surface area contributed by atoms with Crippen molar-refractivity contribution in [3.63, 3.8) is 0 Å². The number of allylic oxidation sites excluding steroid dienone is 2. The van der Waals surface area contributed by atoms with Gasteiger partial charge in [0.15, 0.2) is 11.5 Å². The van der Waals surface area contributed by atoms with Crippen LogP contribution in [-0.4, -0.2) is 32.7 Å². The van der Waals surface area contributed by atoms with Gasteiger partial charge in [-0.25, -0.2) is 4.68 Å². The van der Waals surface area contributed by atoms with Gasteiger partial charge >= 0.3 is 5.69 Å². The van der Waals surface area contributed by atoms with Crippen LogP contribution in [0.15, 0.2) is 76.0 Å². The lowest BCUT2D eigenvalue weighted by atomic mass is 9.73. The molecule has 0 saturated carbocycles. The lowest BCUT2D eigenvalue weighted by Crippen LogP contribution is -2.31. The van der Waals surface area contributed by atoms with E-state index in [2.05, 4.69) is 10.4 Å². The number of aromatic hydroxyl groups is 1. The van der Waals surface area contributed by atoms with Crippen LogP contribution in [-0.2, 0) is 4.79 Å². The number of nitro benzene ring substituents is 1. The highest BCUT2D eigenvalue weighted by molar-refractivity contribution is 7.10. The molecule has 2 aromatic carbocycles. The predicted octanol–water partition coefficient (Wildman–Crippen LogP) is 4.81. The highest BCUT2D eigenvalue weighted by atomic mass is 32.1. The van der Waals surface area contributed by atoms with E-state index in [1.165, 1.54) is 23.9 Å². The molecule has 11 heteroatoms. The molecule has 4 aromatic rings. The number of anilines is 1. The third kappa shape index (κ3) is 3.70. The second-order valence-corrected chi connectivity index (χ2v) is 10.2. The number of rotatable bonds is 5. The minimum Gasteiger partial charge on any atom is -0.500 e. The zero-order valence-corrected chi connectivity index (χ0v) is 21.0. The van der Waals surface area contributed by atoms with Crippen LogP contribution in [0.3, 0.4) is 0 Å². The normalized spacial score (nSPS) is 18.5. The average molecular weight is 531 g/mol. The van der Waals surface area contributed by atoms with E-state index in [0.717, 1.165) is 4.88 Å². The number of hydrogen-bond donors (Lipinski definition) is 3. The van der Waals surface area contributed by atoms with Crippen LogP contribution in [0.2, 0.25) is 0 Å². The van der Waals surface area contributed by atoms with E-state index < -0.39 is 27.8 Å². The second-order valence-electron chi connectivity index (χ2n) is 9.22. The van der Waals surface area contributed by atoms with E-state index >= 15 is 0 Å². The fraction of sp³-hybridized carbons (Fsp3) is 0.185. The molecule has 3 N–H and O–H groups in total. The van der Waals surface area contributed by atoms with Crippen molar-refractivity contribution in [3.8, 4) is 17.2 Å². The first-order chi connectivity index (χ1) is 18.4. The van der Waals surface area contributed by atoms with Crippen LogP contribution in [0.5, 0.6) is 11.5 Å². The van der Waals surface area contributed by atoms with Crippen LogP contribution >= 0.6 is 11.3 Å². The average Bonchev–Trinajstić information content (AvgIpc) is 3.57. The van der Waals surface area contributed by atoms with Gasteiger partial charge in [-0.3, -0.25) is 24.8 Å². The lowest BCUT2D eigenvalue weighted by Gasteiger charge is -2.34. The summed E-state index contributed by atoms with van der Waals surface area (Å²) in [5, 5.41) is 30.6. The molecule has 2 unspecified atom stereocenters. The van der Waals surface area contributed by atoms with Crippen molar-refractivity contribution in [1.82, 2.24) is 9.78 Å². The Balaban J connectivity index is 1.59. The fourth-order valence-electron chi connectivity index (χ4n) is 5.38.